The molecule has 0 aliphatic carbocycles. The van der Waals surface area contributed by atoms with E-state index in [0.29, 0.717) is 19.3 Å². The average Bonchev–Trinajstić information content (AvgIpc) is 3.43. The van der Waals surface area contributed by atoms with Gasteiger partial charge in [-0.25, -0.2) is 0 Å². The topological polar surface area (TPSA) is 78.9 Å². The molecule has 0 saturated carbocycles. The average molecular weight is 1060 g/mol. The lowest BCUT2D eigenvalue weighted by atomic mass is 10.0. The minimum absolute atomic E-state index is 0.114. The zero-order valence-electron chi connectivity index (χ0n) is 49.4. The van der Waals surface area contributed by atoms with E-state index in [2.05, 4.69) is 167 Å². The minimum Gasteiger partial charge on any atom is -0.462 e. The molecule has 0 fully saturated rings. The zero-order chi connectivity index (χ0) is 55.7. The Bertz CT molecular complexity index is 1740. The number of ether oxygens (including phenoxy) is 3. The van der Waals surface area contributed by atoms with E-state index in [1.807, 2.05) is 12.2 Å². The first-order chi connectivity index (χ1) is 38.0. The Balaban J connectivity index is 4.40. The van der Waals surface area contributed by atoms with Crippen LogP contribution in [-0.4, -0.2) is 37.2 Å². The van der Waals surface area contributed by atoms with Crippen LogP contribution in [0.2, 0.25) is 0 Å². The molecule has 432 valence electrons. The zero-order valence-corrected chi connectivity index (χ0v) is 49.4. The van der Waals surface area contributed by atoms with Crippen molar-refractivity contribution in [2.45, 2.75) is 258 Å². The van der Waals surface area contributed by atoms with Gasteiger partial charge in [0.05, 0.1) is 0 Å². The van der Waals surface area contributed by atoms with Gasteiger partial charge in [0, 0.05) is 19.3 Å². The molecule has 6 heteroatoms. The van der Waals surface area contributed by atoms with Gasteiger partial charge in [-0.15, -0.1) is 0 Å². The highest BCUT2D eigenvalue weighted by molar-refractivity contribution is 5.71. The Morgan fingerprint density at radius 1 is 0.260 bits per heavy atom. The fraction of sp³-hybridized carbons (Fsp3) is 0.592. The summed E-state index contributed by atoms with van der Waals surface area (Å²) in [5.74, 6) is -1.02. The van der Waals surface area contributed by atoms with Crippen LogP contribution in [0, 0.1) is 0 Å². The molecule has 0 aromatic heterocycles. The summed E-state index contributed by atoms with van der Waals surface area (Å²) in [7, 11) is 0. The third kappa shape index (κ3) is 61.8. The van der Waals surface area contributed by atoms with Gasteiger partial charge < -0.3 is 14.2 Å². The smallest absolute Gasteiger partial charge is 0.306 e. The number of rotatable bonds is 54. The Labute approximate surface area is 473 Å². The Hall–Kier alpha value is -4.97. The molecule has 1 atom stereocenters. The van der Waals surface area contributed by atoms with Gasteiger partial charge in [-0.05, 0) is 128 Å². The maximum absolute atomic E-state index is 12.9. The summed E-state index contributed by atoms with van der Waals surface area (Å²) < 4.78 is 16.8. The fourth-order valence-electron chi connectivity index (χ4n) is 8.00. The normalized spacial score (nSPS) is 13.2. The summed E-state index contributed by atoms with van der Waals surface area (Å²) in [4.78, 5) is 38.2. The molecule has 0 spiro atoms. The van der Waals surface area contributed by atoms with Crippen LogP contribution in [0.5, 0.6) is 0 Å². The second-order valence-corrected chi connectivity index (χ2v) is 19.8. The van der Waals surface area contributed by atoms with Crippen molar-refractivity contribution in [3.8, 4) is 0 Å². The monoisotopic (exact) mass is 1060 g/mol. The first-order valence-corrected chi connectivity index (χ1v) is 31.0. The minimum atomic E-state index is -0.824. The second-order valence-electron chi connectivity index (χ2n) is 19.8. The Kier molecular flexibility index (Phi) is 59.5. The summed E-state index contributed by atoms with van der Waals surface area (Å²) in [6, 6.07) is 0. The van der Waals surface area contributed by atoms with Crippen molar-refractivity contribution in [2.24, 2.45) is 0 Å². The third-order valence-electron chi connectivity index (χ3n) is 12.5. The van der Waals surface area contributed by atoms with E-state index in [1.165, 1.54) is 70.6 Å². The largest absolute Gasteiger partial charge is 0.462 e. The predicted molar refractivity (Wildman–Crippen MR) is 334 cm³/mol. The first kappa shape index (κ1) is 72.0. The molecule has 0 rings (SSSR count). The van der Waals surface area contributed by atoms with Crippen LogP contribution in [-0.2, 0) is 28.6 Å². The lowest BCUT2D eigenvalue weighted by molar-refractivity contribution is -0.166. The molecule has 1 unspecified atom stereocenters. The van der Waals surface area contributed by atoms with E-state index < -0.39 is 6.10 Å². The van der Waals surface area contributed by atoms with Crippen molar-refractivity contribution >= 4 is 17.9 Å². The van der Waals surface area contributed by atoms with Crippen LogP contribution < -0.4 is 0 Å². The number of carbonyl (C=O) groups is 3. The number of carbonyl (C=O) groups excluding carboxylic acids is 3. The van der Waals surface area contributed by atoms with Crippen molar-refractivity contribution in [1.29, 1.82) is 0 Å². The Morgan fingerprint density at radius 3 is 0.805 bits per heavy atom. The van der Waals surface area contributed by atoms with Gasteiger partial charge in [0.15, 0.2) is 6.10 Å². The van der Waals surface area contributed by atoms with E-state index in [4.69, 9.17) is 14.2 Å². The maximum Gasteiger partial charge on any atom is 0.306 e. The van der Waals surface area contributed by atoms with E-state index in [1.54, 1.807) is 0 Å². The molecule has 0 aliphatic heterocycles. The van der Waals surface area contributed by atoms with Crippen molar-refractivity contribution in [1.82, 2.24) is 0 Å². The van der Waals surface area contributed by atoms with Crippen LogP contribution in [0.4, 0.5) is 0 Å². The number of hydrogen-bond donors (Lipinski definition) is 0. The van der Waals surface area contributed by atoms with Gasteiger partial charge in [0.25, 0.3) is 0 Å². The number of unbranched alkanes of at least 4 members (excludes halogenated alkanes) is 17. The second kappa shape index (κ2) is 63.6. The molecule has 0 aromatic carbocycles. The van der Waals surface area contributed by atoms with Crippen molar-refractivity contribution in [2.75, 3.05) is 13.2 Å². The van der Waals surface area contributed by atoms with E-state index >= 15 is 0 Å². The molecule has 0 amide bonds. The first-order valence-electron chi connectivity index (χ1n) is 31.0. The highest BCUT2D eigenvalue weighted by atomic mass is 16.6. The standard InChI is InChI=1S/C71H112O6/c1-4-7-10-13-16-19-22-25-27-29-31-32-33-34-35-36-37-38-40-41-43-46-49-52-55-58-61-64-70(73)76-67-68(66-75-69(72)63-60-57-54-51-48-45-24-21-18-15-12-9-6-3)77-71(74)65-62-59-56-53-50-47-44-42-39-30-28-26-23-20-17-14-11-8-5-2/h7-12,16-21,25-28,31-32,34-35,39,42,45,48,54,57,68H,4-6,13-15,22-24,29-30,33,36-38,40-41,43-44,46-47,49-53,55-56,58-67H2,1-3H3/b10-7-,11-8-,12-9-,19-16-,20-17-,21-18-,27-25-,28-26-,32-31-,35-34-,42-39-,48-45-,57-54-. The van der Waals surface area contributed by atoms with Gasteiger partial charge in [0.2, 0.25) is 0 Å². The van der Waals surface area contributed by atoms with Crippen molar-refractivity contribution in [3.05, 3.63) is 158 Å². The number of esters is 3. The van der Waals surface area contributed by atoms with Crippen LogP contribution >= 0.6 is 0 Å². The highest BCUT2D eigenvalue weighted by Crippen LogP contribution is 2.15. The van der Waals surface area contributed by atoms with E-state index in [9.17, 15) is 14.4 Å². The third-order valence-corrected chi connectivity index (χ3v) is 12.5. The van der Waals surface area contributed by atoms with Gasteiger partial charge in [-0.3, -0.25) is 14.4 Å². The highest BCUT2D eigenvalue weighted by Gasteiger charge is 2.19. The van der Waals surface area contributed by atoms with Crippen molar-refractivity contribution in [3.63, 3.8) is 0 Å². The SMILES string of the molecule is CC/C=C\C/C=C\C/C=C\C/C=C\C/C=C\CCCCCCCCCCCCCC(=O)OCC(COC(=O)CC/C=C\C/C=C\C/C=C\C/C=C\CC)OC(=O)CCCCCCCC/C=C\C/C=C\C/C=C\C/C=C\CC. The molecule has 0 heterocycles. The van der Waals surface area contributed by atoms with Gasteiger partial charge in [0.1, 0.15) is 13.2 Å². The molecule has 0 saturated heterocycles. The molecule has 0 aromatic rings. The molecule has 0 radical (unpaired) electrons. The molecular formula is C71H112O6. The number of allylic oxidation sites excluding steroid dienone is 26. The quantitative estimate of drug-likeness (QED) is 0.0261. The van der Waals surface area contributed by atoms with Crippen LogP contribution in [0.15, 0.2) is 158 Å². The van der Waals surface area contributed by atoms with Crippen LogP contribution in [0.25, 0.3) is 0 Å². The van der Waals surface area contributed by atoms with Crippen LogP contribution in [0.1, 0.15) is 252 Å². The molecule has 0 bridgehead atoms. The maximum atomic E-state index is 12.9. The lowest BCUT2D eigenvalue weighted by Gasteiger charge is -2.18. The summed E-state index contributed by atoms with van der Waals surface area (Å²) in [6.45, 7) is 6.21. The van der Waals surface area contributed by atoms with Crippen molar-refractivity contribution < 1.29 is 28.6 Å². The predicted octanol–water partition coefficient (Wildman–Crippen LogP) is 21.3. The summed E-state index contributed by atoms with van der Waals surface area (Å²) in [6.07, 6.45) is 92.6. The summed E-state index contributed by atoms with van der Waals surface area (Å²) in [5, 5.41) is 0. The molecule has 77 heavy (non-hydrogen) atoms. The van der Waals surface area contributed by atoms with Gasteiger partial charge in [-0.1, -0.05) is 262 Å². The van der Waals surface area contributed by atoms with E-state index in [0.717, 1.165) is 135 Å². The summed E-state index contributed by atoms with van der Waals surface area (Å²) >= 11 is 0. The molecule has 0 aliphatic rings. The van der Waals surface area contributed by atoms with Gasteiger partial charge >= 0.3 is 17.9 Å². The van der Waals surface area contributed by atoms with Gasteiger partial charge in [-0.2, -0.15) is 0 Å². The summed E-state index contributed by atoms with van der Waals surface area (Å²) in [5.41, 5.74) is 0. The Morgan fingerprint density at radius 2 is 0.494 bits per heavy atom. The molecule has 0 N–H and O–H groups in total. The fourth-order valence-corrected chi connectivity index (χ4v) is 8.00. The number of hydrogen-bond acceptors (Lipinski definition) is 6. The lowest BCUT2D eigenvalue weighted by Crippen LogP contribution is -2.30. The van der Waals surface area contributed by atoms with Crippen LogP contribution in [0.3, 0.4) is 0 Å². The van der Waals surface area contributed by atoms with E-state index in [-0.39, 0.29) is 37.5 Å². The molecular weight excluding hydrogens is 949 g/mol. The molecule has 6 nitrogen and oxygen atoms in total.